The zero-order valence-electron chi connectivity index (χ0n) is 9.13. The second-order valence-electron chi connectivity index (χ2n) is 3.56. The van der Waals surface area contributed by atoms with Crippen molar-refractivity contribution in [2.75, 3.05) is 0 Å². The lowest BCUT2D eigenvalue weighted by molar-refractivity contribution is 0.318. The van der Waals surface area contributed by atoms with E-state index in [9.17, 15) is 0 Å². The first-order valence-corrected chi connectivity index (χ1v) is 5.99. The third-order valence-electron chi connectivity index (χ3n) is 2.40. The van der Waals surface area contributed by atoms with Crippen molar-refractivity contribution in [1.82, 2.24) is 9.78 Å². The number of benzene rings is 1. The van der Waals surface area contributed by atoms with Crippen LogP contribution in [0.5, 0.6) is 0 Å². The molecular weight excluding hydrogens is 331 g/mol. The van der Waals surface area contributed by atoms with Crippen LogP contribution in [0.1, 0.15) is 11.1 Å². The number of halogens is 1. The van der Waals surface area contributed by atoms with Crippen molar-refractivity contribution in [3.63, 3.8) is 0 Å². The Bertz CT molecular complexity index is 577. The number of aromatic nitrogens is 2. The molecule has 17 heavy (non-hydrogen) atoms. The maximum Gasteiger partial charge on any atom is 0.172 e. The van der Waals surface area contributed by atoms with Gasteiger partial charge < -0.3 is 10.9 Å². The fraction of sp³-hybridized carbons (Fsp3) is 0.0909. The summed E-state index contributed by atoms with van der Waals surface area (Å²) in [6.45, 7) is 1.96. The lowest BCUT2D eigenvalue weighted by Gasteiger charge is -2.11. The van der Waals surface area contributed by atoms with Gasteiger partial charge in [-0.2, -0.15) is 5.10 Å². The highest BCUT2D eigenvalue weighted by Gasteiger charge is 2.12. The monoisotopic (exact) mass is 342 g/mol. The molecule has 0 amide bonds. The second kappa shape index (κ2) is 4.74. The maximum atomic E-state index is 8.79. The Morgan fingerprint density at radius 1 is 1.53 bits per heavy atom. The Hall–Kier alpha value is -1.57. The van der Waals surface area contributed by atoms with E-state index in [-0.39, 0.29) is 5.84 Å². The van der Waals surface area contributed by atoms with E-state index in [0.717, 1.165) is 14.8 Å². The Morgan fingerprint density at radius 3 is 2.88 bits per heavy atom. The lowest BCUT2D eigenvalue weighted by Crippen LogP contribution is -2.17. The van der Waals surface area contributed by atoms with Crippen LogP contribution in [-0.4, -0.2) is 20.8 Å². The van der Waals surface area contributed by atoms with Crippen molar-refractivity contribution in [1.29, 1.82) is 0 Å². The van der Waals surface area contributed by atoms with Gasteiger partial charge in [0.25, 0.3) is 0 Å². The molecule has 1 aromatic carbocycles. The molecule has 0 atom stereocenters. The molecule has 0 fully saturated rings. The minimum absolute atomic E-state index is 0.0780. The van der Waals surface area contributed by atoms with E-state index in [1.54, 1.807) is 16.9 Å². The third-order valence-corrected chi connectivity index (χ3v) is 2.96. The first-order chi connectivity index (χ1) is 8.13. The Kier molecular flexibility index (Phi) is 3.32. The second-order valence-corrected chi connectivity index (χ2v) is 4.81. The molecule has 1 heterocycles. The van der Waals surface area contributed by atoms with Gasteiger partial charge in [-0.25, -0.2) is 4.68 Å². The number of hydrogen-bond acceptors (Lipinski definition) is 3. The van der Waals surface area contributed by atoms with Crippen LogP contribution < -0.4 is 5.73 Å². The van der Waals surface area contributed by atoms with E-state index >= 15 is 0 Å². The van der Waals surface area contributed by atoms with E-state index in [1.165, 1.54) is 0 Å². The average Bonchev–Trinajstić information content (AvgIpc) is 2.74. The van der Waals surface area contributed by atoms with Crippen molar-refractivity contribution in [3.05, 3.63) is 45.3 Å². The zero-order valence-corrected chi connectivity index (χ0v) is 11.3. The van der Waals surface area contributed by atoms with Crippen LogP contribution >= 0.6 is 22.6 Å². The van der Waals surface area contributed by atoms with Crippen molar-refractivity contribution in [2.45, 2.75) is 6.92 Å². The average molecular weight is 342 g/mol. The van der Waals surface area contributed by atoms with Crippen LogP contribution in [0.3, 0.4) is 0 Å². The first kappa shape index (κ1) is 11.9. The highest BCUT2D eigenvalue weighted by molar-refractivity contribution is 14.1. The molecule has 0 aliphatic carbocycles. The molecule has 88 valence electrons. The molecule has 2 rings (SSSR count). The van der Waals surface area contributed by atoms with Crippen molar-refractivity contribution in [3.8, 4) is 5.69 Å². The molecule has 6 heteroatoms. The smallest absolute Gasteiger partial charge is 0.172 e. The molecule has 0 bridgehead atoms. The van der Waals surface area contributed by atoms with Crippen LogP contribution in [-0.2, 0) is 0 Å². The van der Waals surface area contributed by atoms with Crippen LogP contribution in [0, 0.1) is 10.5 Å². The minimum atomic E-state index is 0.0780. The van der Waals surface area contributed by atoms with Gasteiger partial charge in [0.05, 0.1) is 15.5 Å². The SMILES string of the molecule is Cc1cccc(/C(N)=N/O)c1-n1cc(I)cn1. The Labute approximate surface area is 112 Å². The van der Waals surface area contributed by atoms with E-state index < -0.39 is 0 Å². The molecule has 0 aliphatic heterocycles. The first-order valence-electron chi connectivity index (χ1n) is 4.91. The van der Waals surface area contributed by atoms with E-state index in [4.69, 9.17) is 10.9 Å². The van der Waals surface area contributed by atoms with Crippen LogP contribution in [0.15, 0.2) is 35.7 Å². The molecule has 1 aromatic heterocycles. The topological polar surface area (TPSA) is 76.4 Å². The summed E-state index contributed by atoms with van der Waals surface area (Å²) in [6, 6.07) is 5.62. The van der Waals surface area contributed by atoms with Crippen molar-refractivity contribution < 1.29 is 5.21 Å². The molecule has 0 radical (unpaired) electrons. The summed E-state index contributed by atoms with van der Waals surface area (Å²) in [5.41, 5.74) is 8.16. The van der Waals surface area contributed by atoms with Gasteiger partial charge in [0.1, 0.15) is 0 Å². The third kappa shape index (κ3) is 2.26. The zero-order chi connectivity index (χ0) is 12.4. The van der Waals surface area contributed by atoms with Gasteiger partial charge >= 0.3 is 0 Å². The van der Waals surface area contributed by atoms with Gasteiger partial charge in [0.2, 0.25) is 0 Å². The van der Waals surface area contributed by atoms with Crippen molar-refractivity contribution in [2.24, 2.45) is 10.9 Å². The molecule has 0 saturated carbocycles. The quantitative estimate of drug-likeness (QED) is 0.288. The molecule has 5 nitrogen and oxygen atoms in total. The van der Waals surface area contributed by atoms with Gasteiger partial charge in [-0.3, -0.25) is 0 Å². The molecule has 0 spiro atoms. The fourth-order valence-electron chi connectivity index (χ4n) is 1.65. The summed E-state index contributed by atoms with van der Waals surface area (Å²) in [5.74, 6) is 0.0780. The van der Waals surface area contributed by atoms with Gasteiger partial charge in [-0.15, -0.1) is 0 Å². The number of aryl methyl sites for hydroxylation is 1. The minimum Gasteiger partial charge on any atom is -0.409 e. The number of nitrogens with zero attached hydrogens (tertiary/aromatic N) is 3. The van der Waals surface area contributed by atoms with Gasteiger partial charge in [-0.05, 0) is 41.1 Å². The maximum absolute atomic E-state index is 8.79. The summed E-state index contributed by atoms with van der Waals surface area (Å²) in [5, 5.41) is 16.1. The Balaban J connectivity index is 2.67. The van der Waals surface area contributed by atoms with E-state index in [2.05, 4.69) is 32.8 Å². The largest absolute Gasteiger partial charge is 0.409 e. The summed E-state index contributed by atoms with van der Waals surface area (Å²) < 4.78 is 2.75. The summed E-state index contributed by atoms with van der Waals surface area (Å²) in [6.07, 6.45) is 3.64. The van der Waals surface area contributed by atoms with Crippen molar-refractivity contribution >= 4 is 28.4 Å². The summed E-state index contributed by atoms with van der Waals surface area (Å²) >= 11 is 2.18. The molecule has 0 unspecified atom stereocenters. The number of para-hydroxylation sites is 1. The molecule has 0 aliphatic rings. The standard InChI is InChI=1S/C11H11IN4O/c1-7-3-2-4-9(11(13)15-17)10(7)16-6-8(12)5-14-16/h2-6,17H,1H3,(H2,13,15). The highest BCUT2D eigenvalue weighted by atomic mass is 127. The predicted octanol–water partition coefficient (Wildman–Crippen LogP) is 1.88. The number of nitrogens with two attached hydrogens (primary N) is 1. The van der Waals surface area contributed by atoms with Crippen LogP contribution in [0.2, 0.25) is 0 Å². The molecule has 3 N–H and O–H groups in total. The Morgan fingerprint density at radius 2 is 2.29 bits per heavy atom. The molecule has 0 saturated heterocycles. The lowest BCUT2D eigenvalue weighted by atomic mass is 10.1. The van der Waals surface area contributed by atoms with Crippen LogP contribution in [0.25, 0.3) is 5.69 Å². The fourth-order valence-corrected chi connectivity index (χ4v) is 2.04. The van der Waals surface area contributed by atoms with Gasteiger partial charge in [0.15, 0.2) is 5.84 Å². The summed E-state index contributed by atoms with van der Waals surface area (Å²) in [7, 11) is 0. The normalized spacial score (nSPS) is 11.8. The van der Waals surface area contributed by atoms with Crippen LogP contribution in [0.4, 0.5) is 0 Å². The molecular formula is C11H11IN4O. The van der Waals surface area contributed by atoms with E-state index in [0.29, 0.717) is 5.56 Å². The summed E-state index contributed by atoms with van der Waals surface area (Å²) in [4.78, 5) is 0. The predicted molar refractivity (Wildman–Crippen MR) is 73.5 cm³/mol. The number of amidine groups is 1. The number of hydrogen-bond donors (Lipinski definition) is 2. The number of oxime groups is 1. The molecule has 2 aromatic rings. The number of rotatable bonds is 2. The van der Waals surface area contributed by atoms with Gasteiger partial charge in [-0.1, -0.05) is 17.3 Å². The van der Waals surface area contributed by atoms with E-state index in [1.807, 2.05) is 25.3 Å². The highest BCUT2D eigenvalue weighted by Crippen LogP contribution is 2.19. The van der Waals surface area contributed by atoms with Gasteiger partial charge in [0, 0.05) is 11.8 Å².